The lowest BCUT2D eigenvalue weighted by Gasteiger charge is -2.26. The van der Waals surface area contributed by atoms with E-state index in [1.807, 2.05) is 6.92 Å². The van der Waals surface area contributed by atoms with Crippen LogP contribution in [0.5, 0.6) is 0 Å². The second-order valence-electron chi connectivity index (χ2n) is 5.06. The largest absolute Gasteiger partial charge is 0.376 e. The van der Waals surface area contributed by atoms with E-state index in [9.17, 15) is 33.8 Å². The van der Waals surface area contributed by atoms with Gasteiger partial charge in [0.1, 0.15) is 0 Å². The highest BCUT2D eigenvalue weighted by Gasteiger charge is 2.62. The van der Waals surface area contributed by atoms with Gasteiger partial charge < -0.3 is 24.7 Å². The quantitative estimate of drug-likeness (QED) is 0.399. The summed E-state index contributed by atoms with van der Waals surface area (Å²) >= 11 is 0. The number of fused-ring (bicyclic) bond motifs is 1. The third-order valence-electron chi connectivity index (χ3n) is 3.35. The highest BCUT2D eigenvalue weighted by molar-refractivity contribution is 7.72. The summed E-state index contributed by atoms with van der Waals surface area (Å²) in [5.41, 5.74) is 1.43. The van der Waals surface area contributed by atoms with Crippen molar-refractivity contribution in [1.82, 2.24) is 0 Å². The van der Waals surface area contributed by atoms with Gasteiger partial charge in [0.15, 0.2) is 6.20 Å². The van der Waals surface area contributed by atoms with Crippen LogP contribution in [0.1, 0.15) is 5.56 Å². The van der Waals surface area contributed by atoms with E-state index in [-0.39, 0.29) is 0 Å². The Morgan fingerprint density at radius 2 is 1.68 bits per heavy atom. The van der Waals surface area contributed by atoms with E-state index >= 15 is 0 Å². The molecule has 0 amide bonds. The van der Waals surface area contributed by atoms with Crippen molar-refractivity contribution in [2.45, 2.75) is 18.6 Å². The minimum absolute atomic E-state index is 0.480. The van der Waals surface area contributed by atoms with Crippen molar-refractivity contribution in [3.8, 4) is 0 Å². The van der Waals surface area contributed by atoms with Gasteiger partial charge >= 0.3 is 20.3 Å². The monoisotopic (exact) mass is 348 g/mol. The number of aromatic nitrogens is 1. The van der Waals surface area contributed by atoms with E-state index in [0.717, 1.165) is 5.56 Å². The summed E-state index contributed by atoms with van der Waals surface area (Å²) in [5.74, 6) is 0. The summed E-state index contributed by atoms with van der Waals surface area (Å²) < 4.78 is 24.1. The number of benzene rings is 1. The molecule has 0 fully saturated rings. The molecule has 0 spiro atoms. The van der Waals surface area contributed by atoms with Crippen LogP contribution in [0.15, 0.2) is 36.5 Å². The van der Waals surface area contributed by atoms with Gasteiger partial charge in [-0.15, -0.1) is 0 Å². The first-order chi connectivity index (χ1) is 9.96. The molecule has 2 rings (SSSR count). The number of hydrogen-bond donors (Lipinski definition) is 5. The Balaban J connectivity index is 2.62. The Morgan fingerprint density at radius 1 is 1.09 bits per heavy atom. The number of hydrogen-bond acceptors (Lipinski definition) is 3. The minimum atomic E-state index is -5.49. The van der Waals surface area contributed by atoms with Gasteiger partial charge in [-0.2, -0.15) is 4.57 Å². The fourth-order valence-electron chi connectivity index (χ4n) is 2.12. The van der Waals surface area contributed by atoms with Gasteiger partial charge in [0, 0.05) is 17.5 Å². The van der Waals surface area contributed by atoms with E-state index < -0.39 is 26.8 Å². The van der Waals surface area contributed by atoms with Gasteiger partial charge in [0.25, 0.3) is 0 Å². The highest BCUT2D eigenvalue weighted by atomic mass is 31.2. The molecule has 1 heterocycles. The first-order valence-electron chi connectivity index (χ1n) is 6.18. The van der Waals surface area contributed by atoms with Crippen molar-refractivity contribution in [3.05, 3.63) is 42.1 Å². The molecule has 0 radical (unpaired) electrons. The van der Waals surface area contributed by atoms with Crippen LogP contribution < -0.4 is 4.57 Å². The molecular formula is C12H16NO7P2+. The molecule has 0 saturated carbocycles. The first kappa shape index (κ1) is 17.2. The average Bonchev–Trinajstić information content (AvgIpc) is 2.35. The molecule has 0 atom stereocenters. The van der Waals surface area contributed by atoms with Crippen LogP contribution in [0.25, 0.3) is 10.9 Å². The van der Waals surface area contributed by atoms with Gasteiger partial charge in [-0.3, -0.25) is 9.13 Å². The van der Waals surface area contributed by atoms with Crippen LogP contribution in [-0.4, -0.2) is 29.8 Å². The van der Waals surface area contributed by atoms with Gasteiger partial charge in [-0.1, -0.05) is 11.6 Å². The van der Waals surface area contributed by atoms with Crippen LogP contribution in [0.2, 0.25) is 0 Å². The molecule has 8 nitrogen and oxygen atoms in total. The Hall–Kier alpha value is -1.11. The van der Waals surface area contributed by atoms with Crippen molar-refractivity contribution in [1.29, 1.82) is 0 Å². The molecular weight excluding hydrogens is 332 g/mol. The second-order valence-corrected chi connectivity index (χ2v) is 9.07. The number of aryl methyl sites for hydroxylation is 1. The summed E-state index contributed by atoms with van der Waals surface area (Å²) in [5, 5.41) is 7.23. The van der Waals surface area contributed by atoms with Crippen LogP contribution in [0.4, 0.5) is 0 Å². The second kappa shape index (κ2) is 5.51. The molecule has 0 aliphatic heterocycles. The smallest absolute Gasteiger partial charge is 0.363 e. The third kappa shape index (κ3) is 3.00. The molecule has 0 aliphatic carbocycles. The Morgan fingerprint density at radius 3 is 2.23 bits per heavy atom. The van der Waals surface area contributed by atoms with Crippen LogP contribution in [-0.2, 0) is 15.7 Å². The summed E-state index contributed by atoms with van der Waals surface area (Å²) in [7, 11) is -11.0. The van der Waals surface area contributed by atoms with Gasteiger partial charge in [0.2, 0.25) is 12.1 Å². The van der Waals surface area contributed by atoms with E-state index in [1.165, 1.54) is 10.8 Å². The molecule has 0 unspecified atom stereocenters. The Labute approximate surface area is 126 Å². The molecule has 10 heteroatoms. The lowest BCUT2D eigenvalue weighted by molar-refractivity contribution is -0.678. The summed E-state index contributed by atoms with van der Waals surface area (Å²) in [6.45, 7) is 0.917. The molecule has 5 N–H and O–H groups in total. The van der Waals surface area contributed by atoms with Gasteiger partial charge in [0.05, 0.1) is 0 Å². The van der Waals surface area contributed by atoms with Crippen molar-refractivity contribution < 1.29 is 38.4 Å². The van der Waals surface area contributed by atoms with E-state index in [4.69, 9.17) is 0 Å². The zero-order chi connectivity index (χ0) is 16.8. The molecule has 0 saturated heterocycles. The first-order valence-corrected chi connectivity index (χ1v) is 9.41. The summed E-state index contributed by atoms with van der Waals surface area (Å²) in [4.78, 5) is 36.8. The standard InChI is InChI=1S/C12H15NO7P2/c1-9-4-5-11-10(7-9)3-2-6-13(11)8-12(14,21(15,16)17)22(18,19)20/h2-7,14H,8H2,1H3,(H3-,15,16,17,18,19,20)/p+1. The Kier molecular flexibility index (Phi) is 4.32. The number of nitrogens with zero attached hydrogens (tertiary/aromatic N) is 1. The zero-order valence-corrected chi connectivity index (χ0v) is 13.4. The van der Waals surface area contributed by atoms with Crippen LogP contribution >= 0.6 is 15.2 Å². The lowest BCUT2D eigenvalue weighted by Crippen LogP contribution is -2.47. The summed E-state index contributed by atoms with van der Waals surface area (Å²) in [6, 6.07) is 8.49. The maximum Gasteiger partial charge on any atom is 0.376 e. The number of pyridine rings is 1. The van der Waals surface area contributed by atoms with E-state index in [2.05, 4.69) is 0 Å². The Bertz CT molecular complexity index is 788. The lowest BCUT2D eigenvalue weighted by atomic mass is 10.1. The van der Waals surface area contributed by atoms with Gasteiger partial charge in [-0.25, -0.2) is 0 Å². The van der Waals surface area contributed by atoms with E-state index in [1.54, 1.807) is 30.3 Å². The summed E-state index contributed by atoms with van der Waals surface area (Å²) in [6.07, 6.45) is 1.38. The number of rotatable bonds is 4. The predicted molar refractivity (Wildman–Crippen MR) is 77.9 cm³/mol. The number of aliphatic hydroxyl groups is 1. The maximum atomic E-state index is 11.4. The fourth-order valence-corrected chi connectivity index (χ4v) is 4.15. The van der Waals surface area contributed by atoms with Crippen molar-refractivity contribution in [2.75, 3.05) is 0 Å². The SMILES string of the molecule is Cc1ccc2c(ccc[n+]2CC(O)(P(=O)(O)O)P(=O)(O)O)c1. The average molecular weight is 348 g/mol. The van der Waals surface area contributed by atoms with Crippen molar-refractivity contribution >= 4 is 26.1 Å². The molecule has 0 aliphatic rings. The zero-order valence-electron chi connectivity index (χ0n) is 11.6. The van der Waals surface area contributed by atoms with Gasteiger partial charge in [-0.05, 0) is 19.1 Å². The molecule has 120 valence electrons. The van der Waals surface area contributed by atoms with Crippen molar-refractivity contribution in [3.63, 3.8) is 0 Å². The highest BCUT2D eigenvalue weighted by Crippen LogP contribution is 2.67. The van der Waals surface area contributed by atoms with Crippen molar-refractivity contribution in [2.24, 2.45) is 0 Å². The normalized spacial score (nSPS) is 13.5. The minimum Gasteiger partial charge on any atom is -0.363 e. The molecule has 1 aromatic carbocycles. The van der Waals surface area contributed by atoms with Crippen LogP contribution in [0.3, 0.4) is 0 Å². The molecule has 2 aromatic rings. The topological polar surface area (TPSA) is 139 Å². The maximum absolute atomic E-state index is 11.4. The molecule has 22 heavy (non-hydrogen) atoms. The third-order valence-corrected chi connectivity index (χ3v) is 7.06. The molecule has 0 bridgehead atoms. The van der Waals surface area contributed by atoms with E-state index in [0.29, 0.717) is 10.9 Å². The molecule has 1 aromatic heterocycles. The predicted octanol–water partition coefficient (Wildman–Crippen LogP) is 0.437. The fraction of sp³-hybridized carbons (Fsp3) is 0.250. The van der Waals surface area contributed by atoms with Crippen LogP contribution in [0, 0.1) is 6.92 Å².